The summed E-state index contributed by atoms with van der Waals surface area (Å²) in [5.74, 6) is 1.14. The minimum Gasteiger partial charge on any atom is -0.360 e. The molecule has 0 radical (unpaired) electrons. The van der Waals surface area contributed by atoms with E-state index in [-0.39, 0.29) is 5.92 Å². The van der Waals surface area contributed by atoms with Gasteiger partial charge in [0.1, 0.15) is 0 Å². The Hall–Kier alpha value is -1.57. The number of aryl methyl sites for hydroxylation is 1. The number of ketones is 1. The second kappa shape index (κ2) is 3.21. The van der Waals surface area contributed by atoms with Crippen LogP contribution in [0.15, 0.2) is 24.4 Å². The van der Waals surface area contributed by atoms with Crippen LogP contribution < -0.4 is 0 Å². The van der Waals surface area contributed by atoms with Crippen molar-refractivity contribution < 1.29 is 4.79 Å². The zero-order chi connectivity index (χ0) is 11.3. The zero-order valence-corrected chi connectivity index (χ0v) is 9.58. The summed E-state index contributed by atoms with van der Waals surface area (Å²) >= 11 is 0. The molecule has 2 aromatic rings. The fourth-order valence-corrected chi connectivity index (χ4v) is 2.33. The molecule has 0 amide bonds. The van der Waals surface area contributed by atoms with E-state index in [4.69, 9.17) is 0 Å². The van der Waals surface area contributed by atoms with Crippen LogP contribution in [0.4, 0.5) is 0 Å². The van der Waals surface area contributed by atoms with Gasteiger partial charge >= 0.3 is 0 Å². The number of aromatic nitrogens is 1. The Balaban J connectivity index is 2.07. The number of H-pyrrole nitrogens is 1. The van der Waals surface area contributed by atoms with Gasteiger partial charge in [0.2, 0.25) is 0 Å². The maximum Gasteiger partial charge on any atom is 0.168 e. The third-order valence-electron chi connectivity index (χ3n) is 3.55. The highest BCUT2D eigenvalue weighted by Gasteiger charge is 2.40. The SMILES string of the molecule is Cc1ccc2c(C(=O)C3CC3C)c[nH]c2c1. The summed E-state index contributed by atoms with van der Waals surface area (Å²) in [5, 5.41) is 1.06. The number of hydrogen-bond acceptors (Lipinski definition) is 1. The predicted octanol–water partition coefficient (Wildman–Crippen LogP) is 3.32. The van der Waals surface area contributed by atoms with E-state index >= 15 is 0 Å². The van der Waals surface area contributed by atoms with Gasteiger partial charge in [0.15, 0.2) is 5.78 Å². The summed E-state index contributed by atoms with van der Waals surface area (Å²) in [5.41, 5.74) is 3.15. The van der Waals surface area contributed by atoms with Crippen LogP contribution in [0.3, 0.4) is 0 Å². The first-order valence-electron chi connectivity index (χ1n) is 5.79. The summed E-state index contributed by atoms with van der Waals surface area (Å²) < 4.78 is 0. The van der Waals surface area contributed by atoms with Crippen molar-refractivity contribution in [2.24, 2.45) is 11.8 Å². The lowest BCUT2D eigenvalue weighted by Gasteiger charge is -1.97. The zero-order valence-electron chi connectivity index (χ0n) is 9.58. The van der Waals surface area contributed by atoms with Crippen LogP contribution in [0.2, 0.25) is 0 Å². The summed E-state index contributed by atoms with van der Waals surface area (Å²) in [6.07, 6.45) is 2.91. The molecule has 2 heteroatoms. The Morgan fingerprint density at radius 1 is 1.44 bits per heavy atom. The molecule has 0 spiro atoms. The maximum absolute atomic E-state index is 12.2. The Kier molecular flexibility index (Phi) is 1.93. The molecule has 3 rings (SSSR count). The quantitative estimate of drug-likeness (QED) is 0.763. The van der Waals surface area contributed by atoms with Crippen molar-refractivity contribution >= 4 is 16.7 Å². The fraction of sp³-hybridized carbons (Fsp3) is 0.357. The molecule has 1 aliphatic carbocycles. The molecule has 1 aromatic carbocycles. The van der Waals surface area contributed by atoms with Gasteiger partial charge in [-0.15, -0.1) is 0 Å². The number of carbonyl (C=O) groups excluding carboxylic acids is 1. The lowest BCUT2D eigenvalue weighted by atomic mass is 10.0. The summed E-state index contributed by atoms with van der Waals surface area (Å²) in [7, 11) is 0. The molecule has 1 heterocycles. The number of fused-ring (bicyclic) bond motifs is 1. The Morgan fingerprint density at radius 2 is 2.19 bits per heavy atom. The van der Waals surface area contributed by atoms with Crippen molar-refractivity contribution in [3.05, 3.63) is 35.5 Å². The molecule has 1 aromatic heterocycles. The normalized spacial score (nSPS) is 23.6. The number of aromatic amines is 1. The van der Waals surface area contributed by atoms with Crippen molar-refractivity contribution in [1.29, 1.82) is 0 Å². The number of Topliss-reactive ketones (excluding diaryl/α,β-unsaturated/α-hetero) is 1. The molecular weight excluding hydrogens is 198 g/mol. The van der Waals surface area contributed by atoms with Crippen LogP contribution in [0.5, 0.6) is 0 Å². The van der Waals surface area contributed by atoms with E-state index in [1.807, 2.05) is 12.3 Å². The molecule has 2 nitrogen and oxygen atoms in total. The molecule has 1 saturated carbocycles. The number of rotatable bonds is 2. The van der Waals surface area contributed by atoms with Crippen LogP contribution in [-0.4, -0.2) is 10.8 Å². The third-order valence-corrected chi connectivity index (χ3v) is 3.55. The average molecular weight is 213 g/mol. The number of benzene rings is 1. The molecule has 1 fully saturated rings. The van der Waals surface area contributed by atoms with Crippen molar-refractivity contribution in [1.82, 2.24) is 4.98 Å². The van der Waals surface area contributed by atoms with Crippen LogP contribution in [-0.2, 0) is 0 Å². The molecule has 1 N–H and O–H groups in total. The first kappa shape index (κ1) is 9.64. The lowest BCUT2D eigenvalue weighted by Crippen LogP contribution is -2.01. The third kappa shape index (κ3) is 1.37. The van der Waals surface area contributed by atoms with E-state index in [0.29, 0.717) is 11.7 Å². The largest absolute Gasteiger partial charge is 0.360 e. The topological polar surface area (TPSA) is 32.9 Å². The highest BCUT2D eigenvalue weighted by Crippen LogP contribution is 2.41. The molecule has 1 aliphatic rings. The van der Waals surface area contributed by atoms with E-state index in [1.54, 1.807) is 0 Å². The van der Waals surface area contributed by atoms with E-state index in [2.05, 4.69) is 31.0 Å². The van der Waals surface area contributed by atoms with Gasteiger partial charge in [-0.3, -0.25) is 4.79 Å². The number of hydrogen-bond donors (Lipinski definition) is 1. The second-order valence-electron chi connectivity index (χ2n) is 4.94. The van der Waals surface area contributed by atoms with Gasteiger partial charge in [-0.1, -0.05) is 19.1 Å². The summed E-state index contributed by atoms with van der Waals surface area (Å²) in [6.45, 7) is 4.20. The first-order valence-corrected chi connectivity index (χ1v) is 5.79. The number of carbonyl (C=O) groups is 1. The molecule has 0 aliphatic heterocycles. The van der Waals surface area contributed by atoms with Crippen LogP contribution in [0.1, 0.15) is 29.3 Å². The van der Waals surface area contributed by atoms with E-state index in [9.17, 15) is 4.79 Å². The molecule has 16 heavy (non-hydrogen) atoms. The Labute approximate surface area is 94.7 Å². The molecular formula is C14H15NO. The molecule has 0 bridgehead atoms. The Bertz CT molecular complexity index is 567. The average Bonchev–Trinajstić information content (AvgIpc) is 2.84. The van der Waals surface area contributed by atoms with Crippen molar-refractivity contribution in [2.45, 2.75) is 20.3 Å². The van der Waals surface area contributed by atoms with Crippen LogP contribution in [0, 0.1) is 18.8 Å². The smallest absolute Gasteiger partial charge is 0.168 e. The fourth-order valence-electron chi connectivity index (χ4n) is 2.33. The van der Waals surface area contributed by atoms with Gasteiger partial charge in [0.25, 0.3) is 0 Å². The van der Waals surface area contributed by atoms with Crippen molar-refractivity contribution in [3.63, 3.8) is 0 Å². The minimum absolute atomic E-state index is 0.264. The molecule has 82 valence electrons. The highest BCUT2D eigenvalue weighted by molar-refractivity contribution is 6.09. The van der Waals surface area contributed by atoms with Crippen LogP contribution in [0.25, 0.3) is 10.9 Å². The van der Waals surface area contributed by atoms with Crippen molar-refractivity contribution in [3.8, 4) is 0 Å². The van der Waals surface area contributed by atoms with Crippen LogP contribution >= 0.6 is 0 Å². The van der Waals surface area contributed by atoms with Gasteiger partial charge < -0.3 is 4.98 Å². The van der Waals surface area contributed by atoms with E-state index < -0.39 is 0 Å². The maximum atomic E-state index is 12.2. The molecule has 2 unspecified atom stereocenters. The summed E-state index contributed by atoms with van der Waals surface area (Å²) in [6, 6.07) is 6.19. The van der Waals surface area contributed by atoms with Gasteiger partial charge in [0.05, 0.1) is 0 Å². The lowest BCUT2D eigenvalue weighted by molar-refractivity contribution is 0.0964. The first-order chi connectivity index (χ1) is 7.66. The van der Waals surface area contributed by atoms with Gasteiger partial charge in [-0.2, -0.15) is 0 Å². The van der Waals surface area contributed by atoms with E-state index in [0.717, 1.165) is 22.9 Å². The minimum atomic E-state index is 0.264. The van der Waals surface area contributed by atoms with Gasteiger partial charge in [-0.05, 0) is 30.9 Å². The predicted molar refractivity (Wildman–Crippen MR) is 64.6 cm³/mol. The van der Waals surface area contributed by atoms with Gasteiger partial charge in [-0.25, -0.2) is 0 Å². The molecule has 0 saturated heterocycles. The molecule has 2 atom stereocenters. The monoisotopic (exact) mass is 213 g/mol. The number of nitrogens with one attached hydrogen (secondary N) is 1. The van der Waals surface area contributed by atoms with E-state index in [1.165, 1.54) is 5.56 Å². The standard InChI is InChI=1S/C14H15NO/c1-8-3-4-10-12(7-15-13(10)5-8)14(16)11-6-9(11)2/h3-5,7,9,11,15H,6H2,1-2H3. The van der Waals surface area contributed by atoms with Gasteiger partial charge in [0, 0.05) is 28.6 Å². The Morgan fingerprint density at radius 3 is 2.88 bits per heavy atom. The highest BCUT2D eigenvalue weighted by atomic mass is 16.1. The second-order valence-corrected chi connectivity index (χ2v) is 4.94. The van der Waals surface area contributed by atoms with Crippen molar-refractivity contribution in [2.75, 3.05) is 0 Å². The summed E-state index contributed by atoms with van der Waals surface area (Å²) in [4.78, 5) is 15.3.